The third kappa shape index (κ3) is 2.76. The molecule has 1 heterocycles. The molecule has 2 rings (SSSR count). The van der Waals surface area contributed by atoms with Crippen molar-refractivity contribution in [3.63, 3.8) is 0 Å². The molecule has 4 nitrogen and oxygen atoms in total. The Hall–Kier alpha value is -1.49. The second-order valence-electron chi connectivity index (χ2n) is 3.37. The molecule has 1 fully saturated rings. The average molecular weight is 237 g/mol. The summed E-state index contributed by atoms with van der Waals surface area (Å²) in [4.78, 5) is 22.5. The second-order valence-corrected chi connectivity index (χ2v) is 4.65. The first-order valence-electron chi connectivity index (χ1n) is 4.92. The van der Waals surface area contributed by atoms with Gasteiger partial charge in [-0.1, -0.05) is 42.1 Å². The molecule has 0 spiro atoms. The summed E-state index contributed by atoms with van der Waals surface area (Å²) in [7, 11) is 0. The first kappa shape index (κ1) is 11.0. The van der Waals surface area contributed by atoms with E-state index in [9.17, 15) is 9.59 Å². The number of benzene rings is 1. The Kier molecular flexibility index (Phi) is 3.46. The highest BCUT2D eigenvalue weighted by Gasteiger charge is 2.22. The maximum absolute atomic E-state index is 11.8. The molecular formula is C11H11NO3S. The van der Waals surface area contributed by atoms with Crippen LogP contribution in [0.5, 0.6) is 0 Å². The van der Waals surface area contributed by atoms with Crippen LogP contribution in [0, 0.1) is 0 Å². The van der Waals surface area contributed by atoms with E-state index >= 15 is 0 Å². The van der Waals surface area contributed by atoms with Crippen LogP contribution in [0.15, 0.2) is 30.3 Å². The number of cyclic esters (lactones) is 1. The molecule has 0 saturated carbocycles. The number of amides is 1. The number of hydrogen-bond acceptors (Lipinski definition) is 4. The molecule has 0 bridgehead atoms. The van der Waals surface area contributed by atoms with E-state index in [1.54, 1.807) is 12.1 Å². The molecule has 1 aliphatic heterocycles. The minimum atomic E-state index is -0.413. The van der Waals surface area contributed by atoms with E-state index in [1.807, 2.05) is 18.2 Å². The fourth-order valence-electron chi connectivity index (χ4n) is 1.35. The van der Waals surface area contributed by atoms with E-state index in [4.69, 9.17) is 4.74 Å². The van der Waals surface area contributed by atoms with Crippen LogP contribution >= 0.6 is 11.8 Å². The number of nitrogens with one attached hydrogen (secondary N) is 1. The topological polar surface area (TPSA) is 55.4 Å². The van der Waals surface area contributed by atoms with Crippen LogP contribution in [0.2, 0.25) is 0 Å². The molecule has 5 heteroatoms. The highest BCUT2D eigenvalue weighted by Crippen LogP contribution is 2.19. The lowest BCUT2D eigenvalue weighted by Gasteiger charge is -2.21. The lowest BCUT2D eigenvalue weighted by Crippen LogP contribution is -2.41. The Labute approximate surface area is 97.4 Å². The first-order valence-corrected chi connectivity index (χ1v) is 5.80. The Morgan fingerprint density at radius 1 is 1.38 bits per heavy atom. The van der Waals surface area contributed by atoms with Crippen molar-refractivity contribution < 1.29 is 14.3 Å². The Balaban J connectivity index is 1.91. The lowest BCUT2D eigenvalue weighted by atomic mass is 10.2. The van der Waals surface area contributed by atoms with Gasteiger partial charge in [-0.2, -0.15) is 0 Å². The fraction of sp³-hybridized carbons (Fsp3) is 0.273. The summed E-state index contributed by atoms with van der Waals surface area (Å²) < 4.78 is 4.80. The quantitative estimate of drug-likeness (QED) is 0.850. The van der Waals surface area contributed by atoms with Gasteiger partial charge in [0.1, 0.15) is 6.61 Å². The zero-order valence-corrected chi connectivity index (χ0v) is 9.33. The standard InChI is InChI=1S/C11H11NO3S/c13-10(8-4-2-1-3-5-8)16-9-6-12-11(14)15-7-9/h1-5,9H,6-7H2,(H,12,14). The zero-order valence-electron chi connectivity index (χ0n) is 8.51. The molecule has 1 aliphatic rings. The van der Waals surface area contributed by atoms with Crippen LogP contribution in [-0.4, -0.2) is 29.6 Å². The van der Waals surface area contributed by atoms with Crippen LogP contribution in [0.1, 0.15) is 10.4 Å². The molecule has 1 aromatic carbocycles. The summed E-state index contributed by atoms with van der Waals surface area (Å²) in [6.45, 7) is 0.761. The molecule has 0 radical (unpaired) electrons. The zero-order chi connectivity index (χ0) is 11.4. The van der Waals surface area contributed by atoms with Gasteiger partial charge in [-0.3, -0.25) is 4.79 Å². The van der Waals surface area contributed by atoms with Gasteiger partial charge in [0.15, 0.2) is 0 Å². The number of rotatable bonds is 2. The van der Waals surface area contributed by atoms with Crippen LogP contribution in [0.25, 0.3) is 0 Å². The summed E-state index contributed by atoms with van der Waals surface area (Å²) in [6, 6.07) is 9.07. The Bertz CT molecular complexity index is 383. The molecule has 1 atom stereocenters. The highest BCUT2D eigenvalue weighted by molar-refractivity contribution is 8.14. The molecular weight excluding hydrogens is 226 g/mol. The van der Waals surface area contributed by atoms with Crippen LogP contribution in [-0.2, 0) is 4.74 Å². The highest BCUT2D eigenvalue weighted by atomic mass is 32.2. The van der Waals surface area contributed by atoms with Crippen molar-refractivity contribution in [2.24, 2.45) is 0 Å². The van der Waals surface area contributed by atoms with Crippen molar-refractivity contribution in [3.05, 3.63) is 35.9 Å². The van der Waals surface area contributed by atoms with Crippen molar-refractivity contribution in [2.45, 2.75) is 5.25 Å². The largest absolute Gasteiger partial charge is 0.448 e. The number of hydrogen-bond donors (Lipinski definition) is 1. The van der Waals surface area contributed by atoms with Crippen molar-refractivity contribution in [1.29, 1.82) is 0 Å². The smallest absolute Gasteiger partial charge is 0.407 e. The van der Waals surface area contributed by atoms with E-state index in [1.165, 1.54) is 11.8 Å². The van der Waals surface area contributed by atoms with Gasteiger partial charge in [-0.25, -0.2) is 4.79 Å². The number of ether oxygens (including phenoxy) is 1. The molecule has 84 valence electrons. The monoisotopic (exact) mass is 237 g/mol. The molecule has 1 saturated heterocycles. The summed E-state index contributed by atoms with van der Waals surface area (Å²) in [5, 5.41) is 2.55. The summed E-state index contributed by atoms with van der Waals surface area (Å²) in [5.41, 5.74) is 0.671. The van der Waals surface area contributed by atoms with Gasteiger partial charge in [-0.15, -0.1) is 0 Å². The van der Waals surface area contributed by atoms with E-state index in [0.717, 1.165) is 0 Å². The van der Waals surface area contributed by atoms with Crippen molar-refractivity contribution in [2.75, 3.05) is 13.2 Å². The second kappa shape index (κ2) is 5.03. The van der Waals surface area contributed by atoms with Crippen LogP contribution < -0.4 is 5.32 Å². The molecule has 0 aromatic heterocycles. The van der Waals surface area contributed by atoms with Gasteiger partial charge in [0.2, 0.25) is 5.12 Å². The minimum Gasteiger partial charge on any atom is -0.448 e. The van der Waals surface area contributed by atoms with Gasteiger partial charge in [-0.05, 0) is 0 Å². The molecule has 1 amide bonds. The molecule has 16 heavy (non-hydrogen) atoms. The predicted molar refractivity (Wildman–Crippen MR) is 61.5 cm³/mol. The van der Waals surface area contributed by atoms with Crippen LogP contribution in [0.4, 0.5) is 4.79 Å². The Morgan fingerprint density at radius 2 is 2.12 bits per heavy atom. The number of thioether (sulfide) groups is 1. The summed E-state index contributed by atoms with van der Waals surface area (Å²) >= 11 is 1.20. The fourth-order valence-corrected chi connectivity index (χ4v) is 2.22. The third-order valence-electron chi connectivity index (χ3n) is 2.16. The number of carbonyl (C=O) groups is 2. The molecule has 1 unspecified atom stereocenters. The molecule has 1 aromatic rings. The molecule has 0 aliphatic carbocycles. The maximum atomic E-state index is 11.8. The normalized spacial score (nSPS) is 19.8. The van der Waals surface area contributed by atoms with Gasteiger partial charge in [0, 0.05) is 12.1 Å². The SMILES string of the molecule is O=C1NCC(SC(=O)c2ccccc2)CO1. The number of alkyl carbamates (subject to hydrolysis) is 1. The predicted octanol–water partition coefficient (Wildman–Crippen LogP) is 1.67. The van der Waals surface area contributed by atoms with Crippen LogP contribution in [0.3, 0.4) is 0 Å². The average Bonchev–Trinajstić information content (AvgIpc) is 2.33. The van der Waals surface area contributed by atoms with Crippen molar-refractivity contribution >= 4 is 23.0 Å². The van der Waals surface area contributed by atoms with Crippen molar-refractivity contribution in [3.8, 4) is 0 Å². The lowest BCUT2D eigenvalue weighted by molar-refractivity contribution is 0.108. The van der Waals surface area contributed by atoms with E-state index in [-0.39, 0.29) is 17.0 Å². The summed E-state index contributed by atoms with van der Waals surface area (Å²) in [5.74, 6) is 0. The maximum Gasteiger partial charge on any atom is 0.407 e. The van der Waals surface area contributed by atoms with E-state index < -0.39 is 6.09 Å². The van der Waals surface area contributed by atoms with E-state index in [2.05, 4.69) is 5.32 Å². The first-order chi connectivity index (χ1) is 7.75. The van der Waals surface area contributed by atoms with Crippen molar-refractivity contribution in [1.82, 2.24) is 5.32 Å². The van der Waals surface area contributed by atoms with Gasteiger partial charge < -0.3 is 10.1 Å². The minimum absolute atomic E-state index is 0.00495. The van der Waals surface area contributed by atoms with Gasteiger partial charge >= 0.3 is 6.09 Å². The number of carbonyl (C=O) groups excluding carboxylic acids is 2. The van der Waals surface area contributed by atoms with Gasteiger partial charge in [0.05, 0.1) is 5.25 Å². The molecule has 1 N–H and O–H groups in total. The Morgan fingerprint density at radius 3 is 2.75 bits per heavy atom. The van der Waals surface area contributed by atoms with E-state index in [0.29, 0.717) is 12.1 Å². The van der Waals surface area contributed by atoms with Gasteiger partial charge in [0.25, 0.3) is 0 Å². The third-order valence-corrected chi connectivity index (χ3v) is 3.24. The summed E-state index contributed by atoms with van der Waals surface area (Å²) in [6.07, 6.45) is -0.413.